The summed E-state index contributed by atoms with van der Waals surface area (Å²) in [6.07, 6.45) is 3.38. The molecule has 17 heavy (non-hydrogen) atoms. The summed E-state index contributed by atoms with van der Waals surface area (Å²) >= 11 is 5.81. The van der Waals surface area contributed by atoms with Crippen LogP contribution in [0.2, 0.25) is 5.02 Å². The van der Waals surface area contributed by atoms with Crippen molar-refractivity contribution < 1.29 is 5.11 Å². The van der Waals surface area contributed by atoms with E-state index in [0.29, 0.717) is 17.6 Å². The Morgan fingerprint density at radius 2 is 2.12 bits per heavy atom. The van der Waals surface area contributed by atoms with Crippen LogP contribution in [0.15, 0.2) is 24.3 Å². The van der Waals surface area contributed by atoms with E-state index in [1.54, 1.807) is 0 Å². The summed E-state index contributed by atoms with van der Waals surface area (Å²) in [7, 11) is 0. The molecule has 0 spiro atoms. The second-order valence-corrected chi connectivity index (χ2v) is 5.30. The predicted octanol–water partition coefficient (Wildman–Crippen LogP) is 3.15. The summed E-state index contributed by atoms with van der Waals surface area (Å²) in [5.41, 5.74) is 0.926. The van der Waals surface area contributed by atoms with Crippen LogP contribution in [0.25, 0.3) is 0 Å². The minimum absolute atomic E-state index is 0.435. The molecule has 0 aliphatic heterocycles. The Bertz CT molecular complexity index is 352. The Kier molecular flexibility index (Phi) is 4.43. The fourth-order valence-corrected chi connectivity index (χ4v) is 2.38. The van der Waals surface area contributed by atoms with Gasteiger partial charge in [-0.1, -0.05) is 37.1 Å². The van der Waals surface area contributed by atoms with E-state index in [1.165, 1.54) is 19.3 Å². The van der Waals surface area contributed by atoms with Gasteiger partial charge in [-0.3, -0.25) is 0 Å². The van der Waals surface area contributed by atoms with E-state index >= 15 is 0 Å². The molecule has 1 aromatic rings. The molecule has 0 radical (unpaired) electrons. The summed E-state index contributed by atoms with van der Waals surface area (Å²) in [5.74, 6) is 0.831. The van der Waals surface area contributed by atoms with Crippen LogP contribution < -0.4 is 5.32 Å². The number of aliphatic hydroxyl groups is 1. The Hall–Kier alpha value is -0.570. The largest absolute Gasteiger partial charge is 0.387 e. The lowest BCUT2D eigenvalue weighted by Crippen LogP contribution is -2.24. The first-order chi connectivity index (χ1) is 8.20. The molecule has 0 aromatic heterocycles. The predicted molar refractivity (Wildman–Crippen MR) is 71.2 cm³/mol. The van der Waals surface area contributed by atoms with Gasteiger partial charge in [0, 0.05) is 17.6 Å². The van der Waals surface area contributed by atoms with Gasteiger partial charge in [-0.25, -0.2) is 0 Å². The molecular formula is C14H20ClNO. The van der Waals surface area contributed by atoms with Gasteiger partial charge < -0.3 is 10.4 Å². The van der Waals surface area contributed by atoms with Gasteiger partial charge in [-0.2, -0.15) is 0 Å². The first-order valence-electron chi connectivity index (χ1n) is 6.37. The molecule has 2 rings (SSSR count). The number of rotatable bonds is 6. The molecule has 1 fully saturated rings. The standard InChI is InChI=1S/C14H20ClNO/c1-2-3-11-8-13(11)16-9-14(17)10-4-6-12(15)7-5-10/h4-7,11,13-14,16-17H,2-3,8-9H2,1H3. The maximum atomic E-state index is 10.00. The zero-order valence-corrected chi connectivity index (χ0v) is 11.0. The van der Waals surface area contributed by atoms with Gasteiger partial charge in [0.15, 0.2) is 0 Å². The summed E-state index contributed by atoms with van der Waals surface area (Å²) in [6.45, 7) is 2.85. The lowest BCUT2D eigenvalue weighted by Gasteiger charge is -2.12. The molecule has 1 aromatic carbocycles. The molecular weight excluding hydrogens is 234 g/mol. The number of nitrogens with one attached hydrogen (secondary N) is 1. The van der Waals surface area contributed by atoms with Gasteiger partial charge in [-0.05, 0) is 36.5 Å². The van der Waals surface area contributed by atoms with E-state index in [4.69, 9.17) is 11.6 Å². The van der Waals surface area contributed by atoms with Gasteiger partial charge in [0.1, 0.15) is 0 Å². The first-order valence-corrected chi connectivity index (χ1v) is 6.75. The highest BCUT2D eigenvalue weighted by molar-refractivity contribution is 6.30. The zero-order valence-electron chi connectivity index (χ0n) is 10.2. The zero-order chi connectivity index (χ0) is 12.3. The Morgan fingerprint density at radius 3 is 2.76 bits per heavy atom. The molecule has 3 atom stereocenters. The van der Waals surface area contributed by atoms with Crippen LogP contribution in [0.5, 0.6) is 0 Å². The van der Waals surface area contributed by atoms with Crippen LogP contribution in [-0.4, -0.2) is 17.7 Å². The van der Waals surface area contributed by atoms with Crippen LogP contribution in [-0.2, 0) is 0 Å². The van der Waals surface area contributed by atoms with E-state index < -0.39 is 6.10 Å². The maximum absolute atomic E-state index is 10.00. The number of hydrogen-bond donors (Lipinski definition) is 2. The van der Waals surface area contributed by atoms with E-state index in [-0.39, 0.29) is 0 Å². The minimum Gasteiger partial charge on any atom is -0.387 e. The van der Waals surface area contributed by atoms with Crippen molar-refractivity contribution in [2.24, 2.45) is 5.92 Å². The lowest BCUT2D eigenvalue weighted by atomic mass is 10.1. The normalized spacial score (nSPS) is 24.6. The van der Waals surface area contributed by atoms with Crippen LogP contribution in [0.1, 0.15) is 37.9 Å². The second kappa shape index (κ2) is 5.85. The van der Waals surface area contributed by atoms with Crippen LogP contribution in [0.3, 0.4) is 0 Å². The monoisotopic (exact) mass is 253 g/mol. The van der Waals surface area contributed by atoms with Gasteiger partial charge >= 0.3 is 0 Å². The SMILES string of the molecule is CCCC1CC1NCC(O)c1ccc(Cl)cc1. The van der Waals surface area contributed by atoms with E-state index in [9.17, 15) is 5.11 Å². The van der Waals surface area contributed by atoms with Gasteiger partial charge in [0.25, 0.3) is 0 Å². The van der Waals surface area contributed by atoms with Crippen molar-refractivity contribution in [3.05, 3.63) is 34.9 Å². The molecule has 94 valence electrons. The maximum Gasteiger partial charge on any atom is 0.0914 e. The van der Waals surface area contributed by atoms with Crippen molar-refractivity contribution in [1.82, 2.24) is 5.32 Å². The van der Waals surface area contributed by atoms with Crippen molar-refractivity contribution in [2.45, 2.75) is 38.3 Å². The fraction of sp³-hybridized carbons (Fsp3) is 0.571. The Morgan fingerprint density at radius 1 is 1.41 bits per heavy atom. The van der Waals surface area contributed by atoms with Crippen LogP contribution >= 0.6 is 11.6 Å². The highest BCUT2D eigenvalue weighted by Gasteiger charge is 2.35. The van der Waals surface area contributed by atoms with E-state index in [0.717, 1.165) is 11.5 Å². The third-order valence-corrected chi connectivity index (χ3v) is 3.66. The molecule has 1 saturated carbocycles. The average molecular weight is 254 g/mol. The summed E-state index contributed by atoms with van der Waals surface area (Å²) in [5, 5.41) is 14.1. The molecule has 2 nitrogen and oxygen atoms in total. The summed E-state index contributed by atoms with van der Waals surface area (Å²) in [4.78, 5) is 0. The quantitative estimate of drug-likeness (QED) is 0.816. The van der Waals surface area contributed by atoms with E-state index in [2.05, 4.69) is 12.2 Å². The fourth-order valence-electron chi connectivity index (χ4n) is 2.25. The van der Waals surface area contributed by atoms with Crippen molar-refractivity contribution in [3.8, 4) is 0 Å². The number of aliphatic hydroxyl groups excluding tert-OH is 1. The van der Waals surface area contributed by atoms with Crippen molar-refractivity contribution >= 4 is 11.6 Å². The Balaban J connectivity index is 1.74. The van der Waals surface area contributed by atoms with Gasteiger partial charge in [0.05, 0.1) is 6.10 Å². The summed E-state index contributed by atoms with van der Waals surface area (Å²) < 4.78 is 0. The molecule has 1 aliphatic rings. The van der Waals surface area contributed by atoms with Crippen molar-refractivity contribution in [2.75, 3.05) is 6.54 Å². The first kappa shape index (κ1) is 12.9. The number of halogens is 1. The molecule has 0 heterocycles. The molecule has 0 bridgehead atoms. The minimum atomic E-state index is -0.435. The number of benzene rings is 1. The smallest absolute Gasteiger partial charge is 0.0914 e. The van der Waals surface area contributed by atoms with Crippen LogP contribution in [0, 0.1) is 5.92 Å². The average Bonchev–Trinajstić information content (AvgIpc) is 3.06. The molecule has 2 N–H and O–H groups in total. The molecule has 0 saturated heterocycles. The van der Waals surface area contributed by atoms with Crippen molar-refractivity contribution in [1.29, 1.82) is 0 Å². The third-order valence-electron chi connectivity index (χ3n) is 3.41. The molecule has 3 heteroatoms. The third kappa shape index (κ3) is 3.70. The highest BCUT2D eigenvalue weighted by atomic mass is 35.5. The van der Waals surface area contributed by atoms with Gasteiger partial charge in [0.2, 0.25) is 0 Å². The molecule has 3 unspecified atom stereocenters. The topological polar surface area (TPSA) is 32.3 Å². The summed E-state index contributed by atoms with van der Waals surface area (Å²) in [6, 6.07) is 8.02. The molecule has 0 amide bonds. The van der Waals surface area contributed by atoms with Gasteiger partial charge in [-0.15, -0.1) is 0 Å². The molecule has 1 aliphatic carbocycles. The lowest BCUT2D eigenvalue weighted by molar-refractivity contribution is 0.173. The highest BCUT2D eigenvalue weighted by Crippen LogP contribution is 2.34. The van der Waals surface area contributed by atoms with Crippen LogP contribution in [0.4, 0.5) is 0 Å². The Labute approximate surface area is 108 Å². The van der Waals surface area contributed by atoms with Crippen molar-refractivity contribution in [3.63, 3.8) is 0 Å². The number of hydrogen-bond acceptors (Lipinski definition) is 2. The van der Waals surface area contributed by atoms with E-state index in [1.807, 2.05) is 24.3 Å². The second-order valence-electron chi connectivity index (χ2n) is 4.87.